The van der Waals surface area contributed by atoms with Crippen LogP contribution in [0.3, 0.4) is 0 Å². The third kappa shape index (κ3) is 5.10. The molecule has 0 aliphatic rings. The third-order valence-corrected chi connectivity index (χ3v) is 5.90. The summed E-state index contributed by atoms with van der Waals surface area (Å²) in [7, 11) is 0. The van der Waals surface area contributed by atoms with Gasteiger partial charge in [0, 0.05) is 39.4 Å². The molecule has 0 unspecified atom stereocenters. The summed E-state index contributed by atoms with van der Waals surface area (Å²) in [5.74, 6) is -0.652. The first-order valence-electron chi connectivity index (χ1n) is 11.1. The summed E-state index contributed by atoms with van der Waals surface area (Å²) in [6.07, 6.45) is 3.82. The summed E-state index contributed by atoms with van der Waals surface area (Å²) in [4.78, 5) is 28.3. The van der Waals surface area contributed by atoms with E-state index in [1.165, 1.54) is 0 Å². The Morgan fingerprint density at radius 2 is 1.49 bits per heavy atom. The Balaban J connectivity index is 1.29. The van der Waals surface area contributed by atoms with Gasteiger partial charge in [0.25, 0.3) is 0 Å². The second-order valence-electron chi connectivity index (χ2n) is 8.10. The fourth-order valence-electron chi connectivity index (χ4n) is 3.95. The van der Waals surface area contributed by atoms with Crippen LogP contribution in [0.2, 0.25) is 5.02 Å². The van der Waals surface area contributed by atoms with E-state index < -0.39 is 0 Å². The van der Waals surface area contributed by atoms with Crippen LogP contribution in [0.4, 0.5) is 0 Å². The Kier molecular flexibility index (Phi) is 6.32. The number of hydrogen-bond acceptors (Lipinski definition) is 3. The van der Waals surface area contributed by atoms with Crippen LogP contribution in [-0.4, -0.2) is 26.6 Å². The van der Waals surface area contributed by atoms with E-state index in [2.05, 4.69) is 15.8 Å². The van der Waals surface area contributed by atoms with Crippen LogP contribution in [0, 0.1) is 0 Å². The monoisotopic (exact) mass is 483 g/mol. The number of hydrogen-bond donors (Lipinski definition) is 3. The molecule has 0 saturated heterocycles. The van der Waals surface area contributed by atoms with E-state index in [4.69, 9.17) is 16.7 Å². The van der Waals surface area contributed by atoms with Gasteiger partial charge in [-0.15, -0.1) is 0 Å². The standard InChI is InChI=1S/C27H22ClN5O2/c28-21-12-10-18(11-13-21)27-20(17-33(32-27)22-6-2-1-3-7-22)15-26(35)31-30-25(34)14-19-16-29-24-9-5-4-8-23(19)24/h1-13,16-17,29H,14-15H2,(H,30,34)(H,31,35). The van der Waals surface area contributed by atoms with Crippen LogP contribution in [0.1, 0.15) is 11.1 Å². The van der Waals surface area contributed by atoms with Crippen molar-refractivity contribution in [1.29, 1.82) is 0 Å². The molecule has 0 aliphatic carbocycles. The van der Waals surface area contributed by atoms with Crippen molar-refractivity contribution < 1.29 is 9.59 Å². The molecule has 0 atom stereocenters. The highest BCUT2D eigenvalue weighted by molar-refractivity contribution is 6.30. The number of hydrazine groups is 1. The molecule has 174 valence electrons. The number of aromatic nitrogens is 3. The molecule has 3 aromatic carbocycles. The Morgan fingerprint density at radius 1 is 0.829 bits per heavy atom. The number of carbonyl (C=O) groups excluding carboxylic acids is 2. The zero-order chi connectivity index (χ0) is 24.2. The highest BCUT2D eigenvalue weighted by Crippen LogP contribution is 2.25. The molecule has 5 aromatic rings. The molecule has 0 saturated carbocycles. The van der Waals surface area contributed by atoms with Crippen molar-refractivity contribution in [2.45, 2.75) is 12.8 Å². The van der Waals surface area contributed by atoms with E-state index in [-0.39, 0.29) is 24.7 Å². The van der Waals surface area contributed by atoms with Crippen molar-refractivity contribution in [3.05, 3.63) is 107 Å². The van der Waals surface area contributed by atoms with Crippen molar-refractivity contribution in [2.24, 2.45) is 0 Å². The Hall–Kier alpha value is -4.36. The summed E-state index contributed by atoms with van der Waals surface area (Å²) in [6.45, 7) is 0. The smallest absolute Gasteiger partial charge is 0.242 e. The molecule has 0 spiro atoms. The molecule has 35 heavy (non-hydrogen) atoms. The minimum atomic E-state index is -0.347. The molecule has 2 heterocycles. The summed E-state index contributed by atoms with van der Waals surface area (Å²) in [5, 5.41) is 6.31. The fourth-order valence-corrected chi connectivity index (χ4v) is 4.08. The molecule has 3 N–H and O–H groups in total. The lowest BCUT2D eigenvalue weighted by Gasteiger charge is -2.07. The van der Waals surface area contributed by atoms with Gasteiger partial charge < -0.3 is 4.98 Å². The molecule has 0 aliphatic heterocycles. The van der Waals surface area contributed by atoms with Gasteiger partial charge in [0.05, 0.1) is 24.2 Å². The molecule has 0 bridgehead atoms. The van der Waals surface area contributed by atoms with E-state index in [1.807, 2.05) is 79.1 Å². The minimum absolute atomic E-state index is 0.0398. The number of para-hydroxylation sites is 2. The van der Waals surface area contributed by atoms with Crippen molar-refractivity contribution >= 4 is 34.3 Å². The van der Waals surface area contributed by atoms with Crippen LogP contribution in [-0.2, 0) is 22.4 Å². The summed E-state index contributed by atoms with van der Waals surface area (Å²) < 4.78 is 1.74. The molecule has 7 nitrogen and oxygen atoms in total. The number of nitrogens with one attached hydrogen (secondary N) is 3. The average molecular weight is 484 g/mol. The maximum absolute atomic E-state index is 12.7. The molecule has 0 fully saturated rings. The number of benzene rings is 3. The molecular weight excluding hydrogens is 462 g/mol. The molecule has 2 aromatic heterocycles. The molecular formula is C27H22ClN5O2. The first-order chi connectivity index (χ1) is 17.1. The Labute approximate surface area is 206 Å². The zero-order valence-corrected chi connectivity index (χ0v) is 19.4. The predicted molar refractivity (Wildman–Crippen MR) is 136 cm³/mol. The molecule has 5 rings (SSSR count). The maximum Gasteiger partial charge on any atom is 0.242 e. The molecule has 2 amide bonds. The first kappa shape index (κ1) is 22.4. The van der Waals surface area contributed by atoms with Gasteiger partial charge in [-0.2, -0.15) is 5.10 Å². The number of nitrogens with zero attached hydrogens (tertiary/aromatic N) is 2. The topological polar surface area (TPSA) is 91.8 Å². The second-order valence-corrected chi connectivity index (χ2v) is 8.54. The van der Waals surface area contributed by atoms with Gasteiger partial charge in [-0.1, -0.05) is 60.1 Å². The predicted octanol–water partition coefficient (Wildman–Crippen LogP) is 4.61. The number of halogens is 1. The van der Waals surface area contributed by atoms with E-state index in [0.717, 1.165) is 33.3 Å². The largest absolute Gasteiger partial charge is 0.361 e. The van der Waals surface area contributed by atoms with Gasteiger partial charge in [-0.05, 0) is 35.9 Å². The first-order valence-corrected chi connectivity index (χ1v) is 11.5. The fraction of sp³-hybridized carbons (Fsp3) is 0.0741. The van der Waals surface area contributed by atoms with Gasteiger partial charge >= 0.3 is 0 Å². The van der Waals surface area contributed by atoms with Crippen molar-refractivity contribution in [3.63, 3.8) is 0 Å². The van der Waals surface area contributed by atoms with E-state index in [9.17, 15) is 9.59 Å². The number of carbonyl (C=O) groups is 2. The summed E-state index contributed by atoms with van der Waals surface area (Å²) in [6, 6.07) is 24.7. The van der Waals surface area contributed by atoms with Crippen LogP contribution < -0.4 is 10.9 Å². The molecule has 0 radical (unpaired) electrons. The normalized spacial score (nSPS) is 10.9. The lowest BCUT2D eigenvalue weighted by atomic mass is 10.1. The number of H-pyrrole nitrogens is 1. The Morgan fingerprint density at radius 3 is 2.23 bits per heavy atom. The number of amides is 2. The quantitative estimate of drug-likeness (QED) is 0.308. The van der Waals surface area contributed by atoms with Gasteiger partial charge in [0.15, 0.2) is 0 Å². The lowest BCUT2D eigenvalue weighted by Crippen LogP contribution is -2.43. The maximum atomic E-state index is 12.7. The number of fused-ring (bicyclic) bond motifs is 1. The van der Waals surface area contributed by atoms with Crippen molar-refractivity contribution in [3.8, 4) is 16.9 Å². The van der Waals surface area contributed by atoms with Crippen molar-refractivity contribution in [2.75, 3.05) is 0 Å². The van der Waals surface area contributed by atoms with Crippen LogP contribution in [0.15, 0.2) is 91.3 Å². The van der Waals surface area contributed by atoms with Crippen molar-refractivity contribution in [1.82, 2.24) is 25.6 Å². The third-order valence-electron chi connectivity index (χ3n) is 5.65. The van der Waals surface area contributed by atoms with E-state index >= 15 is 0 Å². The van der Waals surface area contributed by atoms with Crippen LogP contribution in [0.5, 0.6) is 0 Å². The number of rotatable bonds is 6. The number of aromatic amines is 1. The van der Waals surface area contributed by atoms with Gasteiger partial charge in [-0.3, -0.25) is 20.4 Å². The summed E-state index contributed by atoms with van der Waals surface area (Å²) in [5.41, 5.74) is 9.97. The second kappa shape index (κ2) is 9.87. The van der Waals surface area contributed by atoms with Gasteiger partial charge in [0.2, 0.25) is 11.8 Å². The van der Waals surface area contributed by atoms with Gasteiger partial charge in [-0.25, -0.2) is 4.68 Å². The van der Waals surface area contributed by atoms with Crippen LogP contribution >= 0.6 is 11.6 Å². The lowest BCUT2D eigenvalue weighted by molar-refractivity contribution is -0.128. The Bertz CT molecular complexity index is 1490. The highest BCUT2D eigenvalue weighted by Gasteiger charge is 2.16. The zero-order valence-electron chi connectivity index (χ0n) is 18.7. The summed E-state index contributed by atoms with van der Waals surface area (Å²) >= 11 is 6.05. The SMILES string of the molecule is O=C(Cc1cn(-c2ccccc2)nc1-c1ccc(Cl)cc1)NNC(=O)Cc1c[nH]c2ccccc12. The molecule has 8 heteroatoms. The average Bonchev–Trinajstić information content (AvgIpc) is 3.48. The van der Waals surface area contributed by atoms with E-state index in [0.29, 0.717) is 10.7 Å². The highest BCUT2D eigenvalue weighted by atomic mass is 35.5. The van der Waals surface area contributed by atoms with Crippen LogP contribution in [0.25, 0.3) is 27.8 Å². The minimum Gasteiger partial charge on any atom is -0.361 e. The van der Waals surface area contributed by atoms with Gasteiger partial charge in [0.1, 0.15) is 0 Å². The van der Waals surface area contributed by atoms with E-state index in [1.54, 1.807) is 16.8 Å².